The molecule has 7 nitrogen and oxygen atoms in total. The Hall–Kier alpha value is -2.58. The number of carbonyl (C=O) groups excluding carboxylic acids is 2. The summed E-state index contributed by atoms with van der Waals surface area (Å²) in [5, 5.41) is 0.412. The van der Waals surface area contributed by atoms with Crippen LogP contribution >= 0.6 is 11.8 Å². The van der Waals surface area contributed by atoms with Crippen LogP contribution < -0.4 is 4.74 Å². The maximum atomic E-state index is 13.0. The summed E-state index contributed by atoms with van der Waals surface area (Å²) >= 11 is 1.44. The second-order valence-corrected chi connectivity index (χ2v) is 7.96. The van der Waals surface area contributed by atoms with Crippen LogP contribution in [0.1, 0.15) is 25.8 Å². The van der Waals surface area contributed by atoms with E-state index in [-0.39, 0.29) is 17.8 Å². The van der Waals surface area contributed by atoms with E-state index < -0.39 is 12.0 Å². The van der Waals surface area contributed by atoms with Crippen molar-refractivity contribution in [1.29, 1.82) is 0 Å². The molecular weight excluding hydrogens is 404 g/mol. The van der Waals surface area contributed by atoms with E-state index in [0.29, 0.717) is 35.2 Å². The van der Waals surface area contributed by atoms with Gasteiger partial charge in [0.1, 0.15) is 12.4 Å². The summed E-state index contributed by atoms with van der Waals surface area (Å²) in [6, 6.07) is 6.96. The third-order valence-electron chi connectivity index (χ3n) is 4.90. The molecule has 0 bridgehead atoms. The number of benzene rings is 1. The Kier molecular flexibility index (Phi) is 7.33. The maximum Gasteiger partial charge on any atom is 0.338 e. The molecule has 0 saturated carbocycles. The lowest BCUT2D eigenvalue weighted by atomic mass is 10.00. The van der Waals surface area contributed by atoms with Gasteiger partial charge in [0.2, 0.25) is 5.91 Å². The van der Waals surface area contributed by atoms with Crippen LogP contribution in [0, 0.1) is 0 Å². The predicted molar refractivity (Wildman–Crippen MR) is 117 cm³/mol. The number of para-hydroxylation sites is 1. The number of amides is 1. The summed E-state index contributed by atoms with van der Waals surface area (Å²) < 4.78 is 15.7. The van der Waals surface area contributed by atoms with Crippen molar-refractivity contribution in [2.24, 2.45) is 4.99 Å². The molecule has 1 amide bonds. The smallest absolute Gasteiger partial charge is 0.338 e. The van der Waals surface area contributed by atoms with Crippen LogP contribution in [0.2, 0.25) is 0 Å². The van der Waals surface area contributed by atoms with Gasteiger partial charge in [0, 0.05) is 12.7 Å². The first-order chi connectivity index (χ1) is 14.5. The first-order valence-corrected chi connectivity index (χ1v) is 10.7. The number of thioether (sulfide) groups is 1. The fourth-order valence-corrected chi connectivity index (χ4v) is 4.51. The average Bonchev–Trinajstić information content (AvgIpc) is 3.07. The van der Waals surface area contributed by atoms with Crippen LogP contribution in [0.5, 0.6) is 5.75 Å². The van der Waals surface area contributed by atoms with Crippen molar-refractivity contribution in [2.45, 2.75) is 31.6 Å². The van der Waals surface area contributed by atoms with Crippen LogP contribution in [-0.2, 0) is 19.1 Å². The number of esters is 1. The van der Waals surface area contributed by atoms with Gasteiger partial charge in [-0.2, -0.15) is 0 Å². The molecular formula is C22H26N2O5S. The fourth-order valence-electron chi connectivity index (χ4n) is 3.37. The highest BCUT2D eigenvalue weighted by Crippen LogP contribution is 2.38. The summed E-state index contributed by atoms with van der Waals surface area (Å²) in [7, 11) is 3.15. The molecule has 1 aromatic carbocycles. The molecule has 0 aliphatic carbocycles. The molecule has 0 unspecified atom stereocenters. The number of rotatable bonds is 8. The van der Waals surface area contributed by atoms with E-state index >= 15 is 0 Å². The minimum atomic E-state index is -0.603. The van der Waals surface area contributed by atoms with Gasteiger partial charge in [-0.25, -0.2) is 9.79 Å². The SMILES string of the molecule is CC[C@@H]1SC2=NC(C)=C(C(=O)OCCOC)[C@@H](/C=C/c3ccccc3OC)N2C1=O. The fraction of sp³-hybridized carbons (Fsp3) is 0.409. The second kappa shape index (κ2) is 9.95. The Morgan fingerprint density at radius 1 is 1.27 bits per heavy atom. The highest BCUT2D eigenvalue weighted by atomic mass is 32.2. The zero-order valence-electron chi connectivity index (χ0n) is 17.6. The lowest BCUT2D eigenvalue weighted by Gasteiger charge is -2.30. The molecule has 1 fully saturated rings. The summed E-state index contributed by atoms with van der Waals surface area (Å²) in [6.45, 7) is 4.16. The van der Waals surface area contributed by atoms with E-state index in [1.807, 2.05) is 43.3 Å². The molecule has 3 rings (SSSR count). The lowest BCUT2D eigenvalue weighted by Crippen LogP contribution is -2.45. The van der Waals surface area contributed by atoms with Crippen molar-refractivity contribution in [2.75, 3.05) is 27.4 Å². The Balaban J connectivity index is 1.99. The van der Waals surface area contributed by atoms with Gasteiger partial charge in [-0.05, 0) is 19.4 Å². The number of fused-ring (bicyclic) bond motifs is 1. The van der Waals surface area contributed by atoms with Crippen molar-refractivity contribution in [3.05, 3.63) is 47.2 Å². The number of hydrogen-bond donors (Lipinski definition) is 0. The van der Waals surface area contributed by atoms with Gasteiger partial charge in [0.25, 0.3) is 0 Å². The first kappa shape index (κ1) is 22.1. The van der Waals surface area contributed by atoms with E-state index in [2.05, 4.69) is 4.99 Å². The summed E-state index contributed by atoms with van der Waals surface area (Å²) in [4.78, 5) is 32.0. The Bertz CT molecular complexity index is 909. The standard InChI is InChI=1S/C22H26N2O5S/c1-5-18-20(25)24-16(11-10-15-8-6-7-9-17(15)28-4)19(14(2)23-22(24)30-18)21(26)29-13-12-27-3/h6-11,16,18H,5,12-13H2,1-4H3/b11-10+/t16-,18+/m1/s1. The van der Waals surface area contributed by atoms with Gasteiger partial charge in [-0.15, -0.1) is 0 Å². The molecule has 160 valence electrons. The monoisotopic (exact) mass is 430 g/mol. The number of hydrogen-bond acceptors (Lipinski definition) is 7. The Labute approximate surface area is 180 Å². The third kappa shape index (κ3) is 4.44. The predicted octanol–water partition coefficient (Wildman–Crippen LogP) is 3.26. The van der Waals surface area contributed by atoms with E-state index in [1.165, 1.54) is 11.8 Å². The molecule has 2 aliphatic heterocycles. The number of aliphatic imine (C=N–C) groups is 1. The summed E-state index contributed by atoms with van der Waals surface area (Å²) in [5.41, 5.74) is 1.75. The molecule has 8 heteroatoms. The van der Waals surface area contributed by atoms with Crippen LogP contribution in [0.25, 0.3) is 6.08 Å². The molecule has 30 heavy (non-hydrogen) atoms. The van der Waals surface area contributed by atoms with Gasteiger partial charge in [0.05, 0.1) is 36.3 Å². The molecule has 0 N–H and O–H groups in total. The minimum absolute atomic E-state index is 0.0504. The quantitative estimate of drug-likeness (QED) is 0.465. The molecule has 2 aliphatic rings. The summed E-state index contributed by atoms with van der Waals surface area (Å²) in [5.74, 6) is 0.155. The van der Waals surface area contributed by atoms with Crippen molar-refractivity contribution in [3.63, 3.8) is 0 Å². The first-order valence-electron chi connectivity index (χ1n) is 9.78. The zero-order chi connectivity index (χ0) is 21.7. The molecule has 0 radical (unpaired) electrons. The summed E-state index contributed by atoms with van der Waals surface area (Å²) in [6.07, 6.45) is 4.38. The second-order valence-electron chi connectivity index (χ2n) is 6.79. The number of amidine groups is 1. The molecule has 0 spiro atoms. The largest absolute Gasteiger partial charge is 0.496 e. The van der Waals surface area contributed by atoms with Crippen molar-refractivity contribution < 1.29 is 23.8 Å². The van der Waals surface area contributed by atoms with Crippen LogP contribution in [0.15, 0.2) is 46.6 Å². The molecule has 0 aromatic heterocycles. The van der Waals surface area contributed by atoms with Gasteiger partial charge >= 0.3 is 5.97 Å². The number of nitrogens with zero attached hydrogens (tertiary/aromatic N) is 2. The Morgan fingerprint density at radius 2 is 2.03 bits per heavy atom. The van der Waals surface area contributed by atoms with Crippen LogP contribution in [0.4, 0.5) is 0 Å². The highest BCUT2D eigenvalue weighted by Gasteiger charge is 2.45. The number of ether oxygens (including phenoxy) is 3. The van der Waals surface area contributed by atoms with E-state index in [4.69, 9.17) is 14.2 Å². The maximum absolute atomic E-state index is 13.0. The minimum Gasteiger partial charge on any atom is -0.496 e. The van der Waals surface area contributed by atoms with Crippen LogP contribution in [-0.4, -0.2) is 60.7 Å². The third-order valence-corrected chi connectivity index (χ3v) is 6.22. The van der Waals surface area contributed by atoms with Gasteiger partial charge in [0.15, 0.2) is 5.17 Å². The molecule has 1 aromatic rings. The number of allylic oxidation sites excluding steroid dienone is 1. The van der Waals surface area contributed by atoms with Crippen molar-refractivity contribution in [1.82, 2.24) is 4.90 Å². The van der Waals surface area contributed by atoms with Crippen LogP contribution in [0.3, 0.4) is 0 Å². The van der Waals surface area contributed by atoms with Gasteiger partial charge < -0.3 is 14.2 Å². The number of methoxy groups -OCH3 is 2. The van der Waals surface area contributed by atoms with Gasteiger partial charge in [-0.1, -0.05) is 49.0 Å². The lowest BCUT2D eigenvalue weighted by molar-refractivity contribution is -0.141. The molecule has 1 saturated heterocycles. The molecule has 2 atom stereocenters. The van der Waals surface area contributed by atoms with Crippen molar-refractivity contribution in [3.8, 4) is 5.75 Å². The van der Waals surface area contributed by atoms with Crippen molar-refractivity contribution >= 4 is 34.9 Å². The molecule has 2 heterocycles. The van der Waals surface area contributed by atoms with E-state index in [9.17, 15) is 9.59 Å². The average molecular weight is 431 g/mol. The highest BCUT2D eigenvalue weighted by molar-refractivity contribution is 8.15. The zero-order valence-corrected chi connectivity index (χ0v) is 18.4. The Morgan fingerprint density at radius 3 is 2.73 bits per heavy atom. The van der Waals surface area contributed by atoms with Gasteiger partial charge in [-0.3, -0.25) is 9.69 Å². The topological polar surface area (TPSA) is 77.4 Å². The normalized spacial score (nSPS) is 21.1. The van der Waals surface area contributed by atoms with E-state index in [0.717, 1.165) is 5.56 Å². The van der Waals surface area contributed by atoms with E-state index in [1.54, 1.807) is 26.0 Å². The number of carbonyl (C=O) groups is 2.